The topological polar surface area (TPSA) is 55.1 Å². The Bertz CT molecular complexity index is 703. The van der Waals surface area contributed by atoms with E-state index in [1.54, 1.807) is 12.3 Å². The zero-order valence-corrected chi connectivity index (χ0v) is 13.5. The highest BCUT2D eigenvalue weighted by Gasteiger charge is 2.11. The highest BCUT2D eigenvalue weighted by Crippen LogP contribution is 2.34. The third-order valence-electron chi connectivity index (χ3n) is 3.12. The van der Waals surface area contributed by atoms with Crippen LogP contribution in [-0.2, 0) is 0 Å². The van der Waals surface area contributed by atoms with Gasteiger partial charge in [-0.2, -0.15) is 5.26 Å². The van der Waals surface area contributed by atoms with E-state index >= 15 is 0 Å². The van der Waals surface area contributed by atoms with Crippen LogP contribution in [0.5, 0.6) is 11.5 Å². The fourth-order valence-corrected chi connectivity index (χ4v) is 2.12. The first kappa shape index (κ1) is 16.6. The van der Waals surface area contributed by atoms with Gasteiger partial charge in [-0.05, 0) is 37.6 Å². The largest absolute Gasteiger partial charge is 0.490 e. The molecule has 0 saturated carbocycles. The maximum atomic E-state index is 9.45. The fourth-order valence-electron chi connectivity index (χ4n) is 2.12. The number of benzene rings is 1. The SMILES string of the molecule is CCCOc1c(/C=C(/C#N)c2ccccn2)cccc1OCC. The lowest BCUT2D eigenvalue weighted by molar-refractivity contribution is 0.276. The van der Waals surface area contributed by atoms with Gasteiger partial charge in [-0.15, -0.1) is 0 Å². The molecule has 0 atom stereocenters. The molecule has 23 heavy (non-hydrogen) atoms. The van der Waals surface area contributed by atoms with E-state index in [2.05, 4.69) is 11.1 Å². The van der Waals surface area contributed by atoms with Crippen molar-refractivity contribution in [3.63, 3.8) is 0 Å². The number of nitriles is 1. The normalized spacial score (nSPS) is 10.9. The Morgan fingerprint density at radius 3 is 2.70 bits per heavy atom. The summed E-state index contributed by atoms with van der Waals surface area (Å²) >= 11 is 0. The van der Waals surface area contributed by atoms with Crippen LogP contribution in [0.1, 0.15) is 31.5 Å². The first-order chi connectivity index (χ1) is 11.3. The van der Waals surface area contributed by atoms with Gasteiger partial charge in [0, 0.05) is 11.8 Å². The van der Waals surface area contributed by atoms with Crippen molar-refractivity contribution in [1.29, 1.82) is 5.26 Å². The molecule has 118 valence electrons. The van der Waals surface area contributed by atoms with Crippen LogP contribution in [0.3, 0.4) is 0 Å². The van der Waals surface area contributed by atoms with Gasteiger partial charge in [-0.1, -0.05) is 25.1 Å². The second-order valence-corrected chi connectivity index (χ2v) is 4.84. The molecule has 0 radical (unpaired) electrons. The lowest BCUT2D eigenvalue weighted by Gasteiger charge is -2.14. The Kier molecular flexibility index (Phi) is 6.19. The molecule has 0 spiro atoms. The number of allylic oxidation sites excluding steroid dienone is 1. The molecule has 2 rings (SSSR count). The molecule has 4 nitrogen and oxygen atoms in total. The van der Waals surface area contributed by atoms with Crippen LogP contribution in [-0.4, -0.2) is 18.2 Å². The maximum absolute atomic E-state index is 9.45. The summed E-state index contributed by atoms with van der Waals surface area (Å²) in [4.78, 5) is 4.23. The smallest absolute Gasteiger partial charge is 0.168 e. The Labute approximate surface area is 137 Å². The summed E-state index contributed by atoms with van der Waals surface area (Å²) < 4.78 is 11.5. The van der Waals surface area contributed by atoms with Crippen molar-refractivity contribution in [3.05, 3.63) is 53.9 Å². The second-order valence-electron chi connectivity index (χ2n) is 4.84. The number of ether oxygens (including phenoxy) is 2. The molecule has 4 heteroatoms. The van der Waals surface area contributed by atoms with E-state index in [0.29, 0.717) is 36.0 Å². The molecule has 1 heterocycles. The quantitative estimate of drug-likeness (QED) is 0.714. The standard InChI is InChI=1S/C19H20N2O2/c1-3-12-23-19-15(8-7-10-18(19)22-4-2)13-16(14-20)17-9-5-6-11-21-17/h5-11,13H,3-4,12H2,1-2H3/b16-13-. The first-order valence-corrected chi connectivity index (χ1v) is 7.72. The predicted octanol–water partition coefficient (Wildman–Crippen LogP) is 4.33. The van der Waals surface area contributed by atoms with Gasteiger partial charge in [-0.25, -0.2) is 0 Å². The van der Waals surface area contributed by atoms with Gasteiger partial charge in [0.2, 0.25) is 0 Å². The summed E-state index contributed by atoms with van der Waals surface area (Å²) in [7, 11) is 0. The Hall–Kier alpha value is -2.80. The molecule has 0 N–H and O–H groups in total. The number of hydrogen-bond donors (Lipinski definition) is 0. The lowest BCUT2D eigenvalue weighted by Crippen LogP contribution is -2.01. The van der Waals surface area contributed by atoms with E-state index in [-0.39, 0.29) is 0 Å². The van der Waals surface area contributed by atoms with Gasteiger partial charge in [-0.3, -0.25) is 4.98 Å². The summed E-state index contributed by atoms with van der Waals surface area (Å²) in [6.45, 7) is 5.13. The van der Waals surface area contributed by atoms with Crippen molar-refractivity contribution >= 4 is 11.6 Å². The van der Waals surface area contributed by atoms with E-state index in [9.17, 15) is 5.26 Å². The minimum atomic E-state index is 0.487. The van der Waals surface area contributed by atoms with Gasteiger partial charge in [0.25, 0.3) is 0 Å². The lowest BCUT2D eigenvalue weighted by atomic mass is 10.1. The van der Waals surface area contributed by atoms with E-state index in [0.717, 1.165) is 12.0 Å². The molecule has 0 bridgehead atoms. The molecule has 0 unspecified atom stereocenters. The maximum Gasteiger partial charge on any atom is 0.168 e. The number of rotatable bonds is 7. The van der Waals surface area contributed by atoms with Crippen molar-refractivity contribution in [2.75, 3.05) is 13.2 Å². The summed E-state index contributed by atoms with van der Waals surface area (Å²) in [5.41, 5.74) is 1.94. The third kappa shape index (κ3) is 4.33. The molecule has 0 saturated heterocycles. The molecule has 1 aromatic carbocycles. The Balaban J connectivity index is 2.46. The van der Waals surface area contributed by atoms with E-state index < -0.39 is 0 Å². The fraction of sp³-hybridized carbons (Fsp3) is 0.263. The Morgan fingerprint density at radius 1 is 1.17 bits per heavy atom. The van der Waals surface area contributed by atoms with Crippen LogP contribution in [0, 0.1) is 11.3 Å². The molecule has 0 aliphatic carbocycles. The highest BCUT2D eigenvalue weighted by molar-refractivity contribution is 5.89. The Morgan fingerprint density at radius 2 is 2.04 bits per heavy atom. The van der Waals surface area contributed by atoms with Crippen LogP contribution in [0.4, 0.5) is 0 Å². The zero-order valence-electron chi connectivity index (χ0n) is 13.5. The van der Waals surface area contributed by atoms with Crippen LogP contribution < -0.4 is 9.47 Å². The van der Waals surface area contributed by atoms with Gasteiger partial charge >= 0.3 is 0 Å². The minimum Gasteiger partial charge on any atom is -0.490 e. The molecule has 0 amide bonds. The third-order valence-corrected chi connectivity index (χ3v) is 3.12. The average molecular weight is 308 g/mol. The summed E-state index contributed by atoms with van der Waals surface area (Å²) in [5, 5.41) is 9.45. The second kappa shape index (κ2) is 8.60. The van der Waals surface area contributed by atoms with E-state index in [1.807, 2.05) is 50.2 Å². The van der Waals surface area contributed by atoms with E-state index in [4.69, 9.17) is 9.47 Å². The monoisotopic (exact) mass is 308 g/mol. The van der Waals surface area contributed by atoms with Gasteiger partial charge in [0.05, 0.1) is 24.5 Å². The number of hydrogen-bond acceptors (Lipinski definition) is 4. The van der Waals surface area contributed by atoms with Gasteiger partial charge in [0.1, 0.15) is 6.07 Å². The molecule has 2 aromatic rings. The molecule has 0 aliphatic heterocycles. The number of aromatic nitrogens is 1. The van der Waals surface area contributed by atoms with Gasteiger partial charge < -0.3 is 9.47 Å². The van der Waals surface area contributed by atoms with Crippen molar-refractivity contribution in [2.24, 2.45) is 0 Å². The molecule has 0 aliphatic rings. The summed E-state index contributed by atoms with van der Waals surface area (Å²) in [6, 6.07) is 13.4. The number of pyridine rings is 1. The molecule has 0 fully saturated rings. The molecular weight excluding hydrogens is 288 g/mol. The van der Waals surface area contributed by atoms with Crippen LogP contribution >= 0.6 is 0 Å². The molecule has 1 aromatic heterocycles. The zero-order chi connectivity index (χ0) is 16.5. The van der Waals surface area contributed by atoms with Crippen molar-refractivity contribution in [3.8, 4) is 17.6 Å². The summed E-state index contributed by atoms with van der Waals surface area (Å²) in [6.07, 6.45) is 4.36. The van der Waals surface area contributed by atoms with Crippen LogP contribution in [0.15, 0.2) is 42.6 Å². The van der Waals surface area contributed by atoms with E-state index in [1.165, 1.54) is 0 Å². The van der Waals surface area contributed by atoms with Gasteiger partial charge in [0.15, 0.2) is 11.5 Å². The van der Waals surface area contributed by atoms with Crippen molar-refractivity contribution in [1.82, 2.24) is 4.98 Å². The number of para-hydroxylation sites is 1. The van der Waals surface area contributed by atoms with Crippen molar-refractivity contribution in [2.45, 2.75) is 20.3 Å². The average Bonchev–Trinajstić information content (AvgIpc) is 2.60. The van der Waals surface area contributed by atoms with Crippen LogP contribution in [0.25, 0.3) is 11.6 Å². The van der Waals surface area contributed by atoms with Crippen molar-refractivity contribution < 1.29 is 9.47 Å². The minimum absolute atomic E-state index is 0.487. The highest BCUT2D eigenvalue weighted by atomic mass is 16.5. The summed E-state index contributed by atoms with van der Waals surface area (Å²) in [5.74, 6) is 1.35. The first-order valence-electron chi connectivity index (χ1n) is 7.72. The molecular formula is C19H20N2O2. The van der Waals surface area contributed by atoms with Crippen LogP contribution in [0.2, 0.25) is 0 Å². The predicted molar refractivity (Wildman–Crippen MR) is 91.1 cm³/mol. The number of nitrogens with zero attached hydrogens (tertiary/aromatic N) is 2.